The second-order valence-corrected chi connectivity index (χ2v) is 2.91. The number of carboxylic acid groups (broad SMARTS) is 1. The Morgan fingerprint density at radius 3 is 2.85 bits per heavy atom. The van der Waals surface area contributed by atoms with E-state index < -0.39 is 12.1 Å². The van der Waals surface area contributed by atoms with Crippen LogP contribution >= 0.6 is 0 Å². The minimum absolute atomic E-state index is 0.530. The van der Waals surface area contributed by atoms with Crippen molar-refractivity contribution in [3.05, 3.63) is 12.4 Å². The third kappa shape index (κ3) is 2.12. The lowest BCUT2D eigenvalue weighted by molar-refractivity contribution is -0.146. The lowest BCUT2D eigenvalue weighted by Crippen LogP contribution is -2.44. The third-order valence-electron chi connectivity index (χ3n) is 1.97. The fraction of sp³-hybridized carbons (Fsp3) is 0.625. The zero-order valence-electron chi connectivity index (χ0n) is 7.80. The summed E-state index contributed by atoms with van der Waals surface area (Å²) in [7, 11) is 3.33. The molecule has 0 aromatic heterocycles. The topological polar surface area (TPSA) is 53.0 Å². The summed E-state index contributed by atoms with van der Waals surface area (Å²) >= 11 is 0. The molecule has 1 heterocycles. The van der Waals surface area contributed by atoms with E-state index in [1.165, 1.54) is 0 Å². The van der Waals surface area contributed by atoms with Gasteiger partial charge in [-0.15, -0.1) is 0 Å². The van der Waals surface area contributed by atoms with E-state index in [4.69, 9.17) is 9.84 Å². The number of ether oxygens (including phenoxy) is 1. The van der Waals surface area contributed by atoms with Crippen LogP contribution in [0.2, 0.25) is 0 Å². The standard InChI is InChI=1S/C8H14N2O3/c1-9-3-4-10(5-6-13-2)7(9)8(11)12/h3-4,7H,5-6H2,1-2H3,(H,11,12). The molecule has 0 saturated carbocycles. The fourth-order valence-electron chi connectivity index (χ4n) is 1.30. The van der Waals surface area contributed by atoms with Gasteiger partial charge in [-0.1, -0.05) is 0 Å². The van der Waals surface area contributed by atoms with Crippen molar-refractivity contribution in [2.24, 2.45) is 0 Å². The van der Waals surface area contributed by atoms with Gasteiger partial charge in [-0.2, -0.15) is 0 Å². The Kier molecular flexibility index (Phi) is 3.13. The number of hydrogen-bond donors (Lipinski definition) is 1. The van der Waals surface area contributed by atoms with Gasteiger partial charge in [0.2, 0.25) is 6.17 Å². The Morgan fingerprint density at radius 2 is 2.31 bits per heavy atom. The molecule has 74 valence electrons. The van der Waals surface area contributed by atoms with Gasteiger partial charge in [-0.3, -0.25) is 0 Å². The molecule has 0 aliphatic carbocycles. The van der Waals surface area contributed by atoms with Gasteiger partial charge in [0.05, 0.1) is 6.61 Å². The quantitative estimate of drug-likeness (QED) is 0.656. The highest BCUT2D eigenvalue weighted by molar-refractivity contribution is 5.73. The van der Waals surface area contributed by atoms with E-state index in [0.717, 1.165) is 0 Å². The Balaban J connectivity index is 2.53. The van der Waals surface area contributed by atoms with Gasteiger partial charge in [0, 0.05) is 33.1 Å². The van der Waals surface area contributed by atoms with E-state index >= 15 is 0 Å². The Morgan fingerprint density at radius 1 is 1.62 bits per heavy atom. The summed E-state index contributed by atoms with van der Waals surface area (Å²) in [4.78, 5) is 14.2. The van der Waals surface area contributed by atoms with Crippen molar-refractivity contribution in [3.8, 4) is 0 Å². The van der Waals surface area contributed by atoms with E-state index in [1.54, 1.807) is 36.4 Å². The van der Waals surface area contributed by atoms with Crippen LogP contribution in [0.15, 0.2) is 12.4 Å². The third-order valence-corrected chi connectivity index (χ3v) is 1.97. The summed E-state index contributed by atoms with van der Waals surface area (Å²) in [5, 5.41) is 8.89. The van der Waals surface area contributed by atoms with E-state index in [1.807, 2.05) is 0 Å². The van der Waals surface area contributed by atoms with Gasteiger partial charge in [-0.05, 0) is 0 Å². The van der Waals surface area contributed by atoms with Crippen LogP contribution in [0.25, 0.3) is 0 Å². The molecule has 1 unspecified atom stereocenters. The molecular formula is C8H14N2O3. The molecule has 0 spiro atoms. The van der Waals surface area contributed by atoms with Crippen molar-refractivity contribution in [1.29, 1.82) is 0 Å². The van der Waals surface area contributed by atoms with Crippen molar-refractivity contribution in [1.82, 2.24) is 9.80 Å². The molecule has 0 aromatic rings. The fourth-order valence-corrected chi connectivity index (χ4v) is 1.30. The highest BCUT2D eigenvalue weighted by Gasteiger charge is 2.29. The molecule has 0 saturated heterocycles. The molecule has 1 aliphatic heterocycles. The SMILES string of the molecule is COCCN1C=CN(C)C1C(=O)O. The first-order chi connectivity index (χ1) is 6.16. The van der Waals surface area contributed by atoms with Gasteiger partial charge in [0.25, 0.3) is 0 Å². The number of aliphatic carboxylic acids is 1. The average molecular weight is 186 g/mol. The van der Waals surface area contributed by atoms with Crippen LogP contribution in [0.3, 0.4) is 0 Å². The number of hydrogen-bond acceptors (Lipinski definition) is 4. The molecule has 5 heteroatoms. The maximum atomic E-state index is 10.8. The molecule has 0 radical (unpaired) electrons. The van der Waals surface area contributed by atoms with Crippen molar-refractivity contribution in [2.45, 2.75) is 6.17 Å². The van der Waals surface area contributed by atoms with E-state index in [-0.39, 0.29) is 0 Å². The first kappa shape index (κ1) is 9.85. The lowest BCUT2D eigenvalue weighted by Gasteiger charge is -2.26. The molecule has 0 amide bonds. The van der Waals surface area contributed by atoms with Crippen LogP contribution in [0.1, 0.15) is 0 Å². The highest BCUT2D eigenvalue weighted by Crippen LogP contribution is 2.13. The summed E-state index contributed by atoms with van der Waals surface area (Å²) in [6.07, 6.45) is 2.92. The summed E-state index contributed by atoms with van der Waals surface area (Å²) in [6, 6.07) is 0. The molecule has 0 aromatic carbocycles. The van der Waals surface area contributed by atoms with Gasteiger partial charge in [0.15, 0.2) is 0 Å². The van der Waals surface area contributed by atoms with Gasteiger partial charge in [0.1, 0.15) is 0 Å². The largest absolute Gasteiger partial charge is 0.478 e. The van der Waals surface area contributed by atoms with E-state index in [0.29, 0.717) is 13.2 Å². The zero-order valence-corrected chi connectivity index (χ0v) is 7.80. The molecule has 1 atom stereocenters. The summed E-state index contributed by atoms with van der Waals surface area (Å²) < 4.78 is 4.88. The van der Waals surface area contributed by atoms with Crippen LogP contribution in [0.4, 0.5) is 0 Å². The molecule has 0 bridgehead atoms. The van der Waals surface area contributed by atoms with Gasteiger partial charge < -0.3 is 19.6 Å². The monoisotopic (exact) mass is 186 g/mol. The van der Waals surface area contributed by atoms with Crippen molar-refractivity contribution in [3.63, 3.8) is 0 Å². The molecular weight excluding hydrogens is 172 g/mol. The molecule has 1 N–H and O–H groups in total. The molecule has 5 nitrogen and oxygen atoms in total. The van der Waals surface area contributed by atoms with Crippen molar-refractivity contribution >= 4 is 5.97 Å². The average Bonchev–Trinajstić information content (AvgIpc) is 2.43. The minimum atomic E-state index is -0.844. The van der Waals surface area contributed by atoms with Crippen LogP contribution in [-0.2, 0) is 9.53 Å². The van der Waals surface area contributed by atoms with Crippen molar-refractivity contribution in [2.75, 3.05) is 27.3 Å². The van der Waals surface area contributed by atoms with E-state index in [9.17, 15) is 4.79 Å². The predicted molar refractivity (Wildman–Crippen MR) is 46.9 cm³/mol. The maximum absolute atomic E-state index is 10.8. The Hall–Kier alpha value is -1.23. The summed E-state index contributed by atoms with van der Waals surface area (Å²) in [6.45, 7) is 1.12. The van der Waals surface area contributed by atoms with Gasteiger partial charge >= 0.3 is 5.97 Å². The first-order valence-electron chi connectivity index (χ1n) is 4.04. The molecule has 0 fully saturated rings. The van der Waals surface area contributed by atoms with E-state index in [2.05, 4.69) is 0 Å². The van der Waals surface area contributed by atoms with Gasteiger partial charge in [-0.25, -0.2) is 4.79 Å². The molecule has 13 heavy (non-hydrogen) atoms. The predicted octanol–water partition coefficient (Wildman–Crippen LogP) is -0.238. The number of carboxylic acids is 1. The number of carbonyl (C=O) groups is 1. The number of methoxy groups -OCH3 is 1. The number of likely N-dealkylation sites (N-methyl/N-ethyl adjacent to an activating group) is 1. The van der Waals surface area contributed by atoms with Crippen LogP contribution in [0, 0.1) is 0 Å². The maximum Gasteiger partial charge on any atom is 0.347 e. The lowest BCUT2D eigenvalue weighted by atomic mass is 10.4. The summed E-state index contributed by atoms with van der Waals surface area (Å²) in [5.41, 5.74) is 0. The smallest absolute Gasteiger partial charge is 0.347 e. The molecule has 1 rings (SSSR count). The minimum Gasteiger partial charge on any atom is -0.478 e. The Bertz CT molecular complexity index is 217. The number of rotatable bonds is 4. The second kappa shape index (κ2) is 4.13. The van der Waals surface area contributed by atoms with Crippen molar-refractivity contribution < 1.29 is 14.6 Å². The first-order valence-corrected chi connectivity index (χ1v) is 4.04. The van der Waals surface area contributed by atoms with Crippen LogP contribution in [0.5, 0.6) is 0 Å². The zero-order chi connectivity index (χ0) is 9.84. The van der Waals surface area contributed by atoms with Crippen LogP contribution < -0.4 is 0 Å². The second-order valence-electron chi connectivity index (χ2n) is 2.91. The number of nitrogens with zero attached hydrogens (tertiary/aromatic N) is 2. The summed E-state index contributed by atoms with van der Waals surface area (Å²) in [5.74, 6) is -0.844. The van der Waals surface area contributed by atoms with Crippen LogP contribution in [-0.4, -0.2) is 54.4 Å². The highest BCUT2D eigenvalue weighted by atomic mass is 16.5. The normalized spacial score (nSPS) is 21.2. The molecule has 1 aliphatic rings. The Labute approximate surface area is 77.2 Å².